The number of alkyl halides is 3. The molecule has 2 amide bonds. The Bertz CT molecular complexity index is 822. The number of carbonyl (C=O) groups is 2. The Kier molecular flexibility index (Phi) is 6.49. The van der Waals surface area contributed by atoms with Crippen LogP contribution in [0.4, 0.5) is 13.2 Å². The zero-order chi connectivity index (χ0) is 20.2. The molecule has 0 aliphatic rings. The van der Waals surface area contributed by atoms with E-state index in [-0.39, 0.29) is 0 Å². The van der Waals surface area contributed by atoms with Gasteiger partial charge in [-0.25, -0.2) is 0 Å². The van der Waals surface area contributed by atoms with E-state index in [1.807, 2.05) is 0 Å². The monoisotopic (exact) mass is 398 g/mol. The number of hydrogen-bond acceptors (Lipinski definition) is 2. The molecular weight excluding hydrogens is 381 g/mol. The number of rotatable bonds is 5. The highest BCUT2D eigenvalue weighted by molar-refractivity contribution is 6.30. The van der Waals surface area contributed by atoms with Gasteiger partial charge in [-0.15, -0.1) is 0 Å². The van der Waals surface area contributed by atoms with Crippen LogP contribution in [0.5, 0.6) is 0 Å². The largest absolute Gasteiger partial charge is 0.416 e. The number of hydrogen-bond donors (Lipinski definition) is 2. The molecule has 0 aliphatic heterocycles. The molecule has 2 rings (SSSR count). The predicted molar refractivity (Wildman–Crippen MR) is 96.4 cm³/mol. The van der Waals surface area contributed by atoms with Crippen LogP contribution in [-0.2, 0) is 11.0 Å². The van der Waals surface area contributed by atoms with Crippen LogP contribution in [0, 0.1) is 0 Å². The van der Waals surface area contributed by atoms with Gasteiger partial charge in [0.2, 0.25) is 5.91 Å². The quantitative estimate of drug-likeness (QED) is 0.786. The molecule has 0 bridgehead atoms. The molecule has 2 aromatic carbocycles. The number of benzene rings is 2. The van der Waals surface area contributed by atoms with E-state index in [1.165, 1.54) is 31.2 Å². The topological polar surface area (TPSA) is 58.2 Å². The summed E-state index contributed by atoms with van der Waals surface area (Å²) in [6.45, 7) is 3.06. The van der Waals surface area contributed by atoms with Crippen LogP contribution >= 0.6 is 11.6 Å². The molecule has 0 aromatic heterocycles. The minimum Gasteiger partial charge on any atom is -0.348 e. The summed E-state index contributed by atoms with van der Waals surface area (Å²) in [6.07, 6.45) is -4.46. The van der Waals surface area contributed by atoms with Gasteiger partial charge in [0.05, 0.1) is 11.6 Å². The van der Waals surface area contributed by atoms with Gasteiger partial charge in [-0.2, -0.15) is 13.2 Å². The maximum Gasteiger partial charge on any atom is 0.416 e. The Morgan fingerprint density at radius 1 is 1.00 bits per heavy atom. The SMILES string of the molecule is CC(NC(=O)c1ccc(Cl)cc1)C(=O)NC(C)c1cccc(C(F)(F)F)c1. The predicted octanol–water partition coefficient (Wildman–Crippen LogP) is 4.35. The first kappa shape index (κ1) is 20.8. The molecular formula is C19H18ClF3N2O2. The molecule has 0 saturated heterocycles. The maximum absolute atomic E-state index is 12.8. The molecule has 0 fully saturated rings. The molecule has 0 saturated carbocycles. The molecule has 0 radical (unpaired) electrons. The second kappa shape index (κ2) is 8.43. The second-order valence-corrected chi connectivity index (χ2v) is 6.49. The first-order valence-electron chi connectivity index (χ1n) is 8.12. The first-order valence-corrected chi connectivity index (χ1v) is 8.49. The van der Waals surface area contributed by atoms with Crippen molar-refractivity contribution in [2.24, 2.45) is 0 Å². The normalized spacial score (nSPS) is 13.6. The third-order valence-electron chi connectivity index (χ3n) is 3.92. The molecule has 144 valence electrons. The van der Waals surface area contributed by atoms with Gasteiger partial charge in [0.1, 0.15) is 6.04 Å². The van der Waals surface area contributed by atoms with Crippen molar-refractivity contribution in [1.29, 1.82) is 0 Å². The summed E-state index contributed by atoms with van der Waals surface area (Å²) >= 11 is 5.76. The lowest BCUT2D eigenvalue weighted by Gasteiger charge is -2.19. The van der Waals surface area contributed by atoms with Crippen LogP contribution < -0.4 is 10.6 Å². The molecule has 0 spiro atoms. The second-order valence-electron chi connectivity index (χ2n) is 6.06. The minimum absolute atomic E-state index is 0.314. The van der Waals surface area contributed by atoms with Gasteiger partial charge in [0.15, 0.2) is 0 Å². The average molecular weight is 399 g/mol. The van der Waals surface area contributed by atoms with E-state index in [4.69, 9.17) is 11.6 Å². The summed E-state index contributed by atoms with van der Waals surface area (Å²) in [6, 6.07) is 9.35. The van der Waals surface area contributed by atoms with E-state index in [2.05, 4.69) is 10.6 Å². The lowest BCUT2D eigenvalue weighted by molar-refractivity contribution is -0.137. The van der Waals surface area contributed by atoms with Crippen molar-refractivity contribution in [3.63, 3.8) is 0 Å². The summed E-state index contributed by atoms with van der Waals surface area (Å²) in [7, 11) is 0. The Morgan fingerprint density at radius 2 is 1.63 bits per heavy atom. The fraction of sp³-hybridized carbons (Fsp3) is 0.263. The van der Waals surface area contributed by atoms with Crippen molar-refractivity contribution >= 4 is 23.4 Å². The van der Waals surface area contributed by atoms with Crippen molar-refractivity contribution in [3.8, 4) is 0 Å². The van der Waals surface area contributed by atoms with Gasteiger partial charge in [0, 0.05) is 10.6 Å². The molecule has 27 heavy (non-hydrogen) atoms. The summed E-state index contributed by atoms with van der Waals surface area (Å²) in [5.41, 5.74) is -0.135. The molecule has 8 heteroatoms. The van der Waals surface area contributed by atoms with Gasteiger partial charge in [0.25, 0.3) is 5.91 Å². The van der Waals surface area contributed by atoms with E-state index < -0.39 is 35.6 Å². The fourth-order valence-corrected chi connectivity index (χ4v) is 2.48. The van der Waals surface area contributed by atoms with Crippen LogP contribution in [0.1, 0.15) is 41.4 Å². The third-order valence-corrected chi connectivity index (χ3v) is 4.17. The Balaban J connectivity index is 1.99. The average Bonchev–Trinajstić information content (AvgIpc) is 2.61. The van der Waals surface area contributed by atoms with E-state index >= 15 is 0 Å². The number of amides is 2. The van der Waals surface area contributed by atoms with Gasteiger partial charge in [-0.05, 0) is 55.8 Å². The summed E-state index contributed by atoms with van der Waals surface area (Å²) in [5.74, 6) is -0.969. The molecule has 2 atom stereocenters. The van der Waals surface area contributed by atoms with Crippen molar-refractivity contribution in [1.82, 2.24) is 10.6 Å². The smallest absolute Gasteiger partial charge is 0.348 e. The molecule has 4 nitrogen and oxygen atoms in total. The lowest BCUT2D eigenvalue weighted by atomic mass is 10.0. The fourth-order valence-electron chi connectivity index (χ4n) is 2.35. The highest BCUT2D eigenvalue weighted by Crippen LogP contribution is 2.30. The van der Waals surface area contributed by atoms with Crippen LogP contribution in [0.3, 0.4) is 0 Å². The third kappa shape index (κ3) is 5.72. The summed E-state index contributed by atoms with van der Waals surface area (Å²) < 4.78 is 38.4. The van der Waals surface area contributed by atoms with E-state index in [9.17, 15) is 22.8 Å². The van der Waals surface area contributed by atoms with Gasteiger partial charge in [-0.3, -0.25) is 9.59 Å². The van der Waals surface area contributed by atoms with Crippen LogP contribution in [0.25, 0.3) is 0 Å². The highest BCUT2D eigenvalue weighted by atomic mass is 35.5. The summed E-state index contributed by atoms with van der Waals surface area (Å²) in [4.78, 5) is 24.4. The summed E-state index contributed by atoms with van der Waals surface area (Å²) in [5, 5.41) is 5.61. The number of halogens is 4. The van der Waals surface area contributed by atoms with Crippen molar-refractivity contribution in [2.75, 3.05) is 0 Å². The van der Waals surface area contributed by atoms with E-state index in [0.29, 0.717) is 16.1 Å². The van der Waals surface area contributed by atoms with Crippen molar-refractivity contribution in [3.05, 3.63) is 70.2 Å². The standard InChI is InChI=1S/C19H18ClF3N2O2/c1-11(14-4-3-5-15(10-14)19(21,22)23)24-17(26)12(2)25-18(27)13-6-8-16(20)9-7-13/h3-12H,1-2H3,(H,24,26)(H,25,27). The molecule has 2 unspecified atom stereocenters. The lowest BCUT2D eigenvalue weighted by Crippen LogP contribution is -2.45. The molecule has 2 aromatic rings. The van der Waals surface area contributed by atoms with Gasteiger partial charge < -0.3 is 10.6 Å². The van der Waals surface area contributed by atoms with Gasteiger partial charge >= 0.3 is 6.18 Å². The zero-order valence-corrected chi connectivity index (χ0v) is 15.4. The van der Waals surface area contributed by atoms with Crippen LogP contribution in [0.15, 0.2) is 48.5 Å². The zero-order valence-electron chi connectivity index (χ0n) is 14.6. The van der Waals surface area contributed by atoms with Crippen LogP contribution in [-0.4, -0.2) is 17.9 Å². The van der Waals surface area contributed by atoms with E-state index in [1.54, 1.807) is 19.1 Å². The van der Waals surface area contributed by atoms with E-state index in [0.717, 1.165) is 12.1 Å². The van der Waals surface area contributed by atoms with Gasteiger partial charge in [-0.1, -0.05) is 23.7 Å². The number of nitrogens with one attached hydrogen (secondary N) is 2. The molecule has 2 N–H and O–H groups in total. The Labute approximate surface area is 159 Å². The first-order chi connectivity index (χ1) is 12.6. The van der Waals surface area contributed by atoms with Crippen LogP contribution in [0.2, 0.25) is 5.02 Å². The van der Waals surface area contributed by atoms with Crippen molar-refractivity contribution in [2.45, 2.75) is 32.1 Å². The number of carbonyl (C=O) groups excluding carboxylic acids is 2. The molecule has 0 aliphatic carbocycles. The minimum atomic E-state index is -4.46. The Morgan fingerprint density at radius 3 is 2.22 bits per heavy atom. The Hall–Kier alpha value is -2.54. The molecule has 0 heterocycles. The highest BCUT2D eigenvalue weighted by Gasteiger charge is 2.31. The maximum atomic E-state index is 12.8. The van der Waals surface area contributed by atoms with Crippen molar-refractivity contribution < 1.29 is 22.8 Å².